The van der Waals surface area contributed by atoms with Crippen LogP contribution >= 0.6 is 0 Å². The maximum Gasteiger partial charge on any atom is 0.338 e. The van der Waals surface area contributed by atoms with Crippen LogP contribution in [0, 0.1) is 5.41 Å². The number of benzene rings is 4. The zero-order valence-corrected chi connectivity index (χ0v) is 37.3. The van der Waals surface area contributed by atoms with Crippen LogP contribution in [0.2, 0.25) is 0 Å². The first-order valence-corrected chi connectivity index (χ1v) is 23.9. The second kappa shape index (κ2) is 19.4. The van der Waals surface area contributed by atoms with Crippen LogP contribution in [-0.2, 0) is 34.2 Å². The summed E-state index contributed by atoms with van der Waals surface area (Å²) in [6, 6.07) is 24.4. The van der Waals surface area contributed by atoms with Crippen molar-refractivity contribution in [2.75, 3.05) is 30.9 Å². The third-order valence-electron chi connectivity index (χ3n) is 11.7. The van der Waals surface area contributed by atoms with Crippen LogP contribution in [0.5, 0.6) is 0 Å². The minimum Gasteiger partial charge on any atom is -0.748 e. The molecule has 2 amide bonds. The number of amides is 2. The number of anilines is 1. The molecule has 4 aromatic rings. The second-order valence-electron chi connectivity index (χ2n) is 16.6. The monoisotopic (exact) mass is 925 g/mol. The van der Waals surface area contributed by atoms with Crippen molar-refractivity contribution in [1.82, 2.24) is 9.96 Å². The van der Waals surface area contributed by atoms with Gasteiger partial charge in [0.1, 0.15) is 20.2 Å². The lowest BCUT2D eigenvalue weighted by Gasteiger charge is -2.42. The number of carbonyl (C=O) groups excluding carboxylic acids is 3. The Morgan fingerprint density at radius 1 is 0.906 bits per heavy atom. The van der Waals surface area contributed by atoms with Gasteiger partial charge in [-0.05, 0) is 66.4 Å². The molecule has 2 heterocycles. The molecule has 6 rings (SSSR count). The summed E-state index contributed by atoms with van der Waals surface area (Å²) in [5.74, 6) is -4.90. The van der Waals surface area contributed by atoms with E-state index in [0.717, 1.165) is 6.42 Å². The molecule has 2 aliphatic heterocycles. The van der Waals surface area contributed by atoms with Crippen LogP contribution in [0.3, 0.4) is 0 Å². The summed E-state index contributed by atoms with van der Waals surface area (Å²) in [5, 5.41) is 28.4. The number of quaternary nitrogens is 1. The zero-order valence-electron chi connectivity index (χ0n) is 35.6. The highest BCUT2D eigenvalue weighted by Gasteiger charge is 2.53. The number of ether oxygens (including phenoxy) is 3. The Bertz CT molecular complexity index is 2540. The van der Waals surface area contributed by atoms with Gasteiger partial charge in [-0.15, -0.1) is 0 Å². The van der Waals surface area contributed by atoms with Gasteiger partial charge in [-0.25, -0.2) is 40.8 Å². The van der Waals surface area contributed by atoms with E-state index in [9.17, 15) is 46.1 Å². The van der Waals surface area contributed by atoms with Crippen LogP contribution < -0.4 is 15.3 Å². The fraction of sp³-hybridized carbons (Fsp3) is 0.400. The van der Waals surface area contributed by atoms with E-state index < -0.39 is 96.5 Å². The summed E-state index contributed by atoms with van der Waals surface area (Å²) in [7, 11) is -6.18. The number of carbonyl (C=O) groups is 3. The largest absolute Gasteiger partial charge is 0.748 e. The molecular weight excluding hydrogens is 874 g/mol. The highest BCUT2D eigenvalue weighted by atomic mass is 32.2. The third-order valence-corrected chi connectivity index (χ3v) is 14.4. The van der Waals surface area contributed by atoms with E-state index in [0.29, 0.717) is 30.5 Å². The van der Waals surface area contributed by atoms with E-state index in [-0.39, 0.29) is 33.0 Å². The van der Waals surface area contributed by atoms with Crippen LogP contribution in [0.1, 0.15) is 77.3 Å². The Hall–Kier alpha value is -5.28. The molecule has 0 spiro atoms. The highest BCUT2D eigenvalue weighted by molar-refractivity contribution is 7.91. The van der Waals surface area contributed by atoms with Crippen LogP contribution in [0.15, 0.2) is 108 Å². The van der Waals surface area contributed by atoms with Crippen molar-refractivity contribution in [3.05, 3.63) is 125 Å². The molecule has 0 aromatic heterocycles. The van der Waals surface area contributed by atoms with E-state index in [1.807, 2.05) is 13.8 Å². The normalized spacial score (nSPS) is 25.5. The molecule has 344 valence electrons. The number of urea groups is 1. The maximum atomic E-state index is 16.4. The summed E-state index contributed by atoms with van der Waals surface area (Å²) < 4.78 is 96.7. The number of esters is 2. The number of hydrogen-bond donors (Lipinski definition) is 4. The van der Waals surface area contributed by atoms with Gasteiger partial charge in [0.2, 0.25) is 0 Å². The molecule has 1 fully saturated rings. The molecular formula is C45H52FN3O13S2. The van der Waals surface area contributed by atoms with Gasteiger partial charge in [0.25, 0.3) is 0 Å². The molecule has 64 heavy (non-hydrogen) atoms. The van der Waals surface area contributed by atoms with Gasteiger partial charge in [0.05, 0.1) is 43.8 Å². The number of nitrogens with zero attached hydrogens (tertiary/aromatic N) is 1. The Labute approximate surface area is 371 Å². The summed E-state index contributed by atoms with van der Waals surface area (Å²) in [4.78, 5) is 40.7. The third kappa shape index (κ3) is 11.0. The smallest absolute Gasteiger partial charge is 0.338 e. The number of halogens is 1. The molecule has 16 nitrogen and oxygen atoms in total. The minimum atomic E-state index is -5.19. The Kier molecular flexibility index (Phi) is 14.6. The number of hydrogen-bond acceptors (Lipinski definition) is 13. The molecule has 4 aromatic carbocycles. The number of hydroxylamine groups is 2. The van der Waals surface area contributed by atoms with Gasteiger partial charge in [-0.2, -0.15) is 4.65 Å². The first-order valence-electron chi connectivity index (χ1n) is 20.7. The van der Waals surface area contributed by atoms with Crippen LogP contribution in [-0.4, -0.2) is 112 Å². The molecule has 0 radical (unpaired) electrons. The molecule has 8 atom stereocenters. The van der Waals surface area contributed by atoms with Crippen molar-refractivity contribution in [2.24, 2.45) is 5.41 Å². The predicted molar refractivity (Wildman–Crippen MR) is 232 cm³/mol. The number of unbranched alkanes of at least 4 members (excludes halogenated alkanes) is 1. The lowest BCUT2D eigenvalue weighted by molar-refractivity contribution is -0.203. The molecule has 0 bridgehead atoms. The van der Waals surface area contributed by atoms with Crippen molar-refractivity contribution >= 4 is 49.3 Å². The topological polar surface area (TPSA) is 235 Å². The van der Waals surface area contributed by atoms with Crippen LogP contribution in [0.25, 0.3) is 0 Å². The fourth-order valence-electron chi connectivity index (χ4n) is 8.32. The van der Waals surface area contributed by atoms with Gasteiger partial charge in [0, 0.05) is 29.2 Å². The van der Waals surface area contributed by atoms with Crippen molar-refractivity contribution in [3.63, 3.8) is 0 Å². The summed E-state index contributed by atoms with van der Waals surface area (Å²) in [6.07, 6.45) is -9.81. The molecule has 0 unspecified atom stereocenters. The van der Waals surface area contributed by atoms with Gasteiger partial charge in [-0.1, -0.05) is 75.2 Å². The SMILES string of the molecule is CCCC[C@]1(CC)CS(=O)(=O)c2ccc([N+](C)(C)O)cc2[C@@H](c2cccc(NC(=O)N[C@@H]3O[C@H](CS(=O)(=O)[O-])[C@@H](F)[C@H](OC(=O)c4ccccc4)[C@H]3OC(=O)c3ccccc3)c2)[C@H]1O. The fourth-order valence-corrected chi connectivity index (χ4v) is 11.2. The maximum absolute atomic E-state index is 16.4. The van der Waals surface area contributed by atoms with Gasteiger partial charge in [0.15, 0.2) is 40.1 Å². The molecule has 2 aliphatic rings. The van der Waals surface area contributed by atoms with E-state index in [1.165, 1.54) is 86.9 Å². The number of aliphatic hydroxyl groups is 1. The van der Waals surface area contributed by atoms with E-state index in [1.54, 1.807) is 30.3 Å². The Morgan fingerprint density at radius 3 is 2.08 bits per heavy atom. The Balaban J connectivity index is 1.37. The van der Waals surface area contributed by atoms with E-state index in [2.05, 4.69) is 10.6 Å². The number of sulfone groups is 1. The zero-order chi connectivity index (χ0) is 46.6. The van der Waals surface area contributed by atoms with Crippen molar-refractivity contribution < 1.29 is 64.7 Å². The average molecular weight is 926 g/mol. The lowest BCUT2D eigenvalue weighted by Crippen LogP contribution is -2.65. The summed E-state index contributed by atoms with van der Waals surface area (Å²) in [5.41, 5.74) is -0.0516. The highest BCUT2D eigenvalue weighted by Crippen LogP contribution is 2.50. The van der Waals surface area contributed by atoms with Crippen molar-refractivity contribution in [3.8, 4) is 0 Å². The number of rotatable bonds is 14. The minimum absolute atomic E-state index is 0.00875. The Morgan fingerprint density at radius 2 is 1.52 bits per heavy atom. The van der Waals surface area contributed by atoms with Gasteiger partial charge in [-0.3, -0.25) is 0 Å². The first kappa shape index (κ1) is 48.2. The standard InChI is InChI=1S/C45H52FN3O13S2/c1-5-7-23-45(6-2)27-63(55,56)35-22-21-32(49(3,4)54)25-33(35)36(40(45)50)30-19-14-20-31(24-30)47-44(53)48-41-39(62-43(52)29-17-12-9-13-18-29)38(37(46)34(60-41)26-64(57,58)59)61-42(51)28-15-10-8-11-16-28/h8-22,24-25,34,36-41,50,54H,5-7,23,26-27H2,1-4H3,(H2-,47,48,53,57,58,59)/t34-,36-,37-,38+,39-,40-,41-,45-/m1/s1. The quantitative estimate of drug-likeness (QED) is 0.0516. The number of alkyl halides is 1. The van der Waals surface area contributed by atoms with E-state index >= 15 is 4.39 Å². The lowest BCUT2D eigenvalue weighted by atomic mass is 9.69. The number of fused-ring (bicyclic) bond motifs is 1. The summed E-state index contributed by atoms with van der Waals surface area (Å²) >= 11 is 0. The second-order valence-corrected chi connectivity index (χ2v) is 20.0. The number of aliphatic hydroxyl groups excluding tert-OH is 1. The van der Waals surface area contributed by atoms with Crippen molar-refractivity contribution in [1.29, 1.82) is 0 Å². The van der Waals surface area contributed by atoms with Gasteiger partial charge >= 0.3 is 18.0 Å². The number of nitrogens with one attached hydrogen (secondary N) is 2. The van der Waals surface area contributed by atoms with Crippen molar-refractivity contribution in [2.45, 2.75) is 87.2 Å². The average Bonchev–Trinajstić information content (AvgIpc) is 3.31. The molecule has 1 saturated heterocycles. The molecule has 19 heteroatoms. The van der Waals surface area contributed by atoms with Gasteiger partial charge < -0.3 is 34.5 Å². The van der Waals surface area contributed by atoms with Crippen LogP contribution in [0.4, 0.5) is 20.6 Å². The predicted octanol–water partition coefficient (Wildman–Crippen LogP) is 5.69. The summed E-state index contributed by atoms with van der Waals surface area (Å²) in [6.45, 7) is 3.80. The molecule has 0 aliphatic carbocycles. The van der Waals surface area contributed by atoms with E-state index in [4.69, 9.17) is 14.2 Å². The first-order chi connectivity index (χ1) is 30.2. The molecule has 4 N–H and O–H groups in total. The molecule has 0 saturated carbocycles.